The van der Waals surface area contributed by atoms with Crippen LogP contribution in [-0.4, -0.2) is 75.6 Å². The van der Waals surface area contributed by atoms with E-state index in [0.29, 0.717) is 43.5 Å². The van der Waals surface area contributed by atoms with Crippen molar-refractivity contribution >= 4 is 11.9 Å². The van der Waals surface area contributed by atoms with Crippen molar-refractivity contribution in [1.29, 1.82) is 0 Å². The molecule has 77 heavy (non-hydrogen) atoms. The van der Waals surface area contributed by atoms with Crippen LogP contribution in [0.3, 0.4) is 0 Å². The second kappa shape index (κ2) is 27.1. The summed E-state index contributed by atoms with van der Waals surface area (Å²) in [6, 6.07) is 0. The van der Waals surface area contributed by atoms with Gasteiger partial charge in [-0.1, -0.05) is 137 Å². The molecule has 7 nitrogen and oxygen atoms in total. The van der Waals surface area contributed by atoms with Crippen LogP contribution >= 0.6 is 0 Å². The number of esters is 2. The molecule has 0 aromatic heterocycles. The summed E-state index contributed by atoms with van der Waals surface area (Å²) in [6.07, 6.45) is 39.0. The van der Waals surface area contributed by atoms with Crippen molar-refractivity contribution in [3.63, 3.8) is 0 Å². The van der Waals surface area contributed by atoms with Gasteiger partial charge in [-0.2, -0.15) is 0 Å². The second-order valence-corrected chi connectivity index (χ2v) is 30.4. The van der Waals surface area contributed by atoms with Gasteiger partial charge in [-0.05, 0) is 222 Å². The SMILES string of the molecule is CC(C)CCCC(C)C1CCC2C3CC=C4CC(OC(=O)CCCCCOC(COCCCCC(=O)OC5CCC6(C)C(=CCC7C6CCC6(C)C(C(C)CCCC(C)C)CCC76)C5)CN(C)C)CCC4(C)C3CCC12C. The van der Waals surface area contributed by atoms with Crippen molar-refractivity contribution < 1.29 is 28.5 Å². The topological polar surface area (TPSA) is 74.3 Å². The first-order valence-corrected chi connectivity index (χ1v) is 33.4. The monoisotopic (exact) mass is 1070 g/mol. The van der Waals surface area contributed by atoms with Crippen LogP contribution in [0.15, 0.2) is 23.3 Å². The van der Waals surface area contributed by atoms with Gasteiger partial charge in [-0.25, -0.2) is 0 Å². The molecule has 17 unspecified atom stereocenters. The van der Waals surface area contributed by atoms with E-state index in [2.05, 4.69) is 100 Å². The standard InChI is InChI=1S/C70H119NO6/c1-48(2)20-18-22-50(5)59-30-32-61-57-28-26-52-44-54(34-38-67(52,7)63(57)36-40-69(59,61)9)76-65(72)24-14-13-16-43-75-56(46-71(11)12)47-74-42-17-15-25-66(73)77-55-35-39-68(8)53(45-55)27-29-58-62-33-31-60(51(6)23-19-21-49(3)4)70(62,10)41-37-64(58)68/h26-27,48-51,54-64H,13-25,28-47H2,1-12H3. The van der Waals surface area contributed by atoms with Crippen molar-refractivity contribution in [2.75, 3.05) is 40.5 Å². The van der Waals surface area contributed by atoms with Crippen molar-refractivity contribution in [3.05, 3.63) is 23.3 Å². The number of hydrogen-bond donors (Lipinski definition) is 0. The maximum atomic E-state index is 13.2. The van der Waals surface area contributed by atoms with Crippen LogP contribution in [0.4, 0.5) is 0 Å². The zero-order valence-corrected chi connectivity index (χ0v) is 52.0. The number of likely N-dealkylation sites (N-methyl/N-ethyl adjacent to an activating group) is 1. The van der Waals surface area contributed by atoms with Gasteiger partial charge in [0.2, 0.25) is 0 Å². The first kappa shape index (κ1) is 61.4. The van der Waals surface area contributed by atoms with Crippen LogP contribution in [0.25, 0.3) is 0 Å². The number of fused-ring (bicyclic) bond motifs is 10. The van der Waals surface area contributed by atoms with Crippen LogP contribution in [0, 0.1) is 92.7 Å². The Bertz CT molecular complexity index is 1820. The van der Waals surface area contributed by atoms with E-state index in [9.17, 15) is 9.59 Å². The summed E-state index contributed by atoms with van der Waals surface area (Å²) < 4.78 is 24.9. The van der Waals surface area contributed by atoms with Gasteiger partial charge in [-0.15, -0.1) is 0 Å². The molecule has 0 aromatic rings. The summed E-state index contributed by atoms with van der Waals surface area (Å²) in [7, 11) is 4.16. The van der Waals surface area contributed by atoms with Crippen LogP contribution in [0.2, 0.25) is 0 Å². The third-order valence-corrected chi connectivity index (χ3v) is 24.3. The summed E-state index contributed by atoms with van der Waals surface area (Å²) in [5, 5.41) is 0. The predicted octanol–water partition coefficient (Wildman–Crippen LogP) is 17.6. The minimum Gasteiger partial charge on any atom is -0.462 e. The first-order valence-electron chi connectivity index (χ1n) is 33.4. The van der Waals surface area contributed by atoms with E-state index < -0.39 is 0 Å². The van der Waals surface area contributed by atoms with Crippen molar-refractivity contribution in [2.24, 2.45) is 92.7 Å². The first-order chi connectivity index (χ1) is 36.7. The molecule has 0 radical (unpaired) electrons. The Hall–Kier alpha value is -1.70. The predicted molar refractivity (Wildman–Crippen MR) is 317 cm³/mol. The molecule has 17 atom stereocenters. The highest BCUT2D eigenvalue weighted by Gasteiger charge is 2.61. The molecule has 0 N–H and O–H groups in total. The lowest BCUT2D eigenvalue weighted by Gasteiger charge is -2.58. The second-order valence-electron chi connectivity index (χ2n) is 30.4. The Morgan fingerprint density at radius 3 is 1.48 bits per heavy atom. The van der Waals surface area contributed by atoms with Gasteiger partial charge >= 0.3 is 11.9 Å². The molecule has 7 heteroatoms. The van der Waals surface area contributed by atoms with Gasteiger partial charge < -0.3 is 23.8 Å². The fourth-order valence-electron chi connectivity index (χ4n) is 20.0. The molecular formula is C70H119NO6. The Morgan fingerprint density at radius 2 is 1.01 bits per heavy atom. The minimum absolute atomic E-state index is 0.00900. The van der Waals surface area contributed by atoms with E-state index in [0.717, 1.165) is 142 Å². The summed E-state index contributed by atoms with van der Waals surface area (Å²) in [6.45, 7) is 27.8. The Kier molecular flexibility index (Phi) is 21.6. The lowest BCUT2D eigenvalue weighted by Crippen LogP contribution is -2.51. The van der Waals surface area contributed by atoms with Crippen LogP contribution in [-0.2, 0) is 28.5 Å². The molecule has 440 valence electrons. The van der Waals surface area contributed by atoms with E-state index in [1.807, 2.05) is 0 Å². The van der Waals surface area contributed by atoms with Crippen molar-refractivity contribution in [3.8, 4) is 0 Å². The number of nitrogens with zero attached hydrogens (tertiary/aromatic N) is 1. The molecule has 0 aliphatic heterocycles. The van der Waals surface area contributed by atoms with Crippen LogP contribution in [0.1, 0.15) is 255 Å². The number of ether oxygens (including phenoxy) is 4. The van der Waals surface area contributed by atoms with Gasteiger partial charge in [0, 0.05) is 45.4 Å². The fourth-order valence-corrected chi connectivity index (χ4v) is 20.0. The molecule has 0 saturated heterocycles. The number of unbranched alkanes of at least 4 members (excludes halogenated alkanes) is 3. The maximum Gasteiger partial charge on any atom is 0.306 e. The zero-order chi connectivity index (χ0) is 55.1. The number of allylic oxidation sites excluding steroid dienone is 2. The quantitative estimate of drug-likeness (QED) is 0.0439. The van der Waals surface area contributed by atoms with Crippen LogP contribution < -0.4 is 0 Å². The van der Waals surface area contributed by atoms with E-state index in [1.165, 1.54) is 109 Å². The lowest BCUT2D eigenvalue weighted by atomic mass is 9.47. The molecule has 8 rings (SSSR count). The lowest BCUT2D eigenvalue weighted by molar-refractivity contribution is -0.152. The third kappa shape index (κ3) is 14.4. The smallest absolute Gasteiger partial charge is 0.306 e. The normalized spacial score (nSPS) is 37.6. The Balaban J connectivity index is 0.671. The zero-order valence-electron chi connectivity index (χ0n) is 52.0. The van der Waals surface area contributed by atoms with Gasteiger partial charge in [0.1, 0.15) is 12.2 Å². The number of carbonyl (C=O) groups excluding carboxylic acids is 2. The van der Waals surface area contributed by atoms with Gasteiger partial charge in [0.25, 0.3) is 0 Å². The van der Waals surface area contributed by atoms with E-state index in [-0.39, 0.29) is 41.1 Å². The summed E-state index contributed by atoms with van der Waals surface area (Å²) in [5.41, 5.74) is 4.79. The van der Waals surface area contributed by atoms with Crippen molar-refractivity contribution in [1.82, 2.24) is 4.90 Å². The molecule has 0 bridgehead atoms. The van der Waals surface area contributed by atoms with E-state index in [1.54, 1.807) is 11.1 Å². The molecule has 8 aliphatic rings. The average Bonchev–Trinajstić information content (AvgIpc) is 4.20. The number of rotatable bonds is 28. The largest absolute Gasteiger partial charge is 0.462 e. The van der Waals surface area contributed by atoms with Crippen molar-refractivity contribution in [2.45, 2.75) is 274 Å². The van der Waals surface area contributed by atoms with Crippen LogP contribution in [0.5, 0.6) is 0 Å². The average molecular weight is 1070 g/mol. The summed E-state index contributed by atoms with van der Waals surface area (Å²) in [4.78, 5) is 28.5. The molecule has 0 spiro atoms. The van der Waals surface area contributed by atoms with Gasteiger partial charge in [-0.3, -0.25) is 9.59 Å². The Morgan fingerprint density at radius 1 is 0.545 bits per heavy atom. The maximum absolute atomic E-state index is 13.2. The highest BCUT2D eigenvalue weighted by atomic mass is 16.5. The van der Waals surface area contributed by atoms with E-state index in [4.69, 9.17) is 18.9 Å². The molecule has 6 saturated carbocycles. The minimum atomic E-state index is -0.0412. The highest BCUT2D eigenvalue weighted by molar-refractivity contribution is 5.70. The molecular weight excluding hydrogens is 951 g/mol. The summed E-state index contributed by atoms with van der Waals surface area (Å²) >= 11 is 0. The fraction of sp³-hybridized carbons (Fsp3) is 0.914. The molecule has 0 heterocycles. The molecule has 0 aromatic carbocycles. The molecule has 6 fully saturated rings. The van der Waals surface area contributed by atoms with E-state index >= 15 is 0 Å². The molecule has 8 aliphatic carbocycles. The summed E-state index contributed by atoms with van der Waals surface area (Å²) in [5.74, 6) is 10.1. The Labute approximate surface area is 473 Å². The number of carbonyl (C=O) groups is 2. The highest BCUT2D eigenvalue weighted by Crippen LogP contribution is 2.69. The van der Waals surface area contributed by atoms with Gasteiger partial charge in [0.15, 0.2) is 0 Å². The molecule has 0 amide bonds. The number of hydrogen-bond acceptors (Lipinski definition) is 7. The van der Waals surface area contributed by atoms with Gasteiger partial charge in [0.05, 0.1) is 12.7 Å². The third-order valence-electron chi connectivity index (χ3n) is 24.3.